The number of unbranched alkanes of at least 4 members (excludes halogenated alkanes) is 1. The SMILES string of the molecule is CCC(O)/C=C/C=C\C/C=C\C/C=C\C/C=C\CCCC(=O)O.CCC(O)/C=C/C=C\C/C=C\C/C=C\CC[C@@H](O)CCCC(=O)O.CCC(O)/C=C/C=C\C[C@@H](O)/C=C/C=C/C=C/[C@@H](O)CCCC(=O)O.CCC(O)/C=C/C=C\C\C=C/C=C/C=C/[C@@H]1O[C@H]1CCCC(=O)O.CCCC(O)/C=C/C=C\C/C=C\C/C=C\C=C\[C@H](CCCC(=O)O)OO. The smallest absolute Gasteiger partial charge is 0.303 e. The van der Waals surface area contributed by atoms with Crippen molar-refractivity contribution < 1.29 is 105 Å². The fourth-order valence-corrected chi connectivity index (χ4v) is 9.55. The van der Waals surface area contributed by atoms with Crippen molar-refractivity contribution in [2.45, 2.75) is 307 Å². The number of hydrogen-bond acceptors (Lipinski definition) is 16. The van der Waals surface area contributed by atoms with Gasteiger partial charge in [-0.15, -0.1) is 0 Å². The van der Waals surface area contributed by atoms with E-state index in [9.17, 15) is 64.8 Å². The lowest BCUT2D eigenvalue weighted by Crippen LogP contribution is -2.08. The van der Waals surface area contributed by atoms with Crippen LogP contribution in [0, 0.1) is 0 Å². The molecule has 0 aromatic carbocycles. The van der Waals surface area contributed by atoms with E-state index in [4.69, 9.17) is 35.5 Å². The molecule has 0 bridgehead atoms. The van der Waals surface area contributed by atoms with E-state index < -0.39 is 60.4 Å². The summed E-state index contributed by atoms with van der Waals surface area (Å²) in [5.41, 5.74) is 0. The van der Waals surface area contributed by atoms with Gasteiger partial charge in [0.2, 0.25) is 0 Å². The summed E-state index contributed by atoms with van der Waals surface area (Å²) >= 11 is 0. The zero-order chi connectivity index (χ0) is 91.2. The maximum Gasteiger partial charge on any atom is 0.303 e. The molecule has 0 aliphatic carbocycles. The van der Waals surface area contributed by atoms with Crippen LogP contribution < -0.4 is 0 Å². The lowest BCUT2D eigenvalue weighted by atomic mass is 10.1. The number of aliphatic carboxylic acids is 5. The van der Waals surface area contributed by atoms with Gasteiger partial charge in [0.05, 0.1) is 54.9 Å². The Morgan fingerprint density at radius 2 is 0.598 bits per heavy atom. The maximum atomic E-state index is 10.4. The Bertz CT molecular complexity index is 3330. The number of epoxide rings is 1. The van der Waals surface area contributed by atoms with Gasteiger partial charge in [0.15, 0.2) is 0 Å². The quantitative estimate of drug-likeness (QED) is 0.00671. The summed E-state index contributed by atoms with van der Waals surface area (Å²) in [6.45, 7) is 9.77. The van der Waals surface area contributed by atoms with Gasteiger partial charge >= 0.3 is 29.8 Å². The van der Waals surface area contributed by atoms with Gasteiger partial charge in [0.25, 0.3) is 0 Å². The van der Waals surface area contributed by atoms with Gasteiger partial charge in [-0.3, -0.25) is 29.2 Å². The van der Waals surface area contributed by atoms with E-state index in [0.29, 0.717) is 70.6 Å². The topological polar surface area (TPSA) is 390 Å². The predicted octanol–water partition coefficient (Wildman–Crippen LogP) is 20.8. The third-order valence-electron chi connectivity index (χ3n) is 16.8. The normalized spacial score (nSPS) is 16.7. The van der Waals surface area contributed by atoms with Crippen LogP contribution in [0.25, 0.3) is 0 Å². The predicted molar refractivity (Wildman–Crippen MR) is 498 cm³/mol. The van der Waals surface area contributed by atoms with E-state index in [1.54, 1.807) is 91.1 Å². The standard InChI is InChI=1S/C21H32O5.C20H30O5.C20H28O4.C20H32O4.C20H30O3/c1-2-14-19(22)15-11-9-7-5-3-4-6-8-10-12-16-20(26-25)17-13-18-21(23)24;1-2-17(21)11-8-5-9-14-18(22)12-6-3-4-7-13-19(23)15-10-16-20(24)25;1-2-17(21)13-10-8-6-4-3-5-7-9-11-14-18-19(24-18)15-12-16-20(22)23;1-2-18(21)14-11-9-7-5-3-4-6-8-10-12-15-19(22)16-13-17-20(23)24;1-2-19(21)17-15-13-11-9-7-5-3-4-6-8-10-12-14-16-18-20(22)23/h3-4,7-12,15-16,19-20,22,25H,2,5-6,13-14,17-18H2,1H3,(H,23,24);3-9,11-13,17-19,21-23H,2,10,14-16H2,1H3,(H,24,25);3,5-11,13-14,17-19,21H,2,4,12,15-16H2,1H3,(H,22,23);3-4,7-11,14,18-19,21-22H,2,5-6,12-13,15-17H2,1H3,(H,23,24);4-7,10-13,15,17,19,21H,2-3,8-9,14,16,18H2,1H3,(H,22,23)/b4-3-,9-7-,10-8-,15-11+,16-12+;4-3+,9-5-,11-8+,12-6+,13-7+;5-3-,8-6-,9-7+,13-10+,14-11+;4-3-,9-7-,10-8-,14-11+;6-4-,7-5-,12-10-,13-11-,17-15+/t19?,20-;17?,18-,19+;17?,18-,19-;18?,19-;/m1001./s1. The first-order chi connectivity index (χ1) is 58.9. The summed E-state index contributed by atoms with van der Waals surface area (Å²) in [6.07, 6.45) is 108. The molecule has 682 valence electrons. The molecule has 0 radical (unpaired) electrons. The summed E-state index contributed by atoms with van der Waals surface area (Å²) in [7, 11) is 0. The zero-order valence-corrected chi connectivity index (χ0v) is 73.3. The van der Waals surface area contributed by atoms with Crippen molar-refractivity contribution in [1.29, 1.82) is 0 Å². The Balaban J connectivity index is -0.000000714. The van der Waals surface area contributed by atoms with Gasteiger partial charge in [0.1, 0.15) is 12.2 Å². The molecule has 21 heteroatoms. The van der Waals surface area contributed by atoms with Crippen molar-refractivity contribution in [3.63, 3.8) is 0 Å². The van der Waals surface area contributed by atoms with Crippen molar-refractivity contribution in [2.75, 3.05) is 0 Å². The zero-order valence-electron chi connectivity index (χ0n) is 73.3. The molecule has 0 aromatic heterocycles. The van der Waals surface area contributed by atoms with Crippen LogP contribution in [-0.4, -0.2) is 169 Å². The van der Waals surface area contributed by atoms with Crippen LogP contribution >= 0.6 is 0 Å². The molecule has 0 aromatic rings. The first-order valence-corrected chi connectivity index (χ1v) is 43.3. The highest BCUT2D eigenvalue weighted by Gasteiger charge is 2.35. The molecule has 21 nitrogen and oxygen atoms in total. The largest absolute Gasteiger partial charge is 0.481 e. The number of aliphatic hydroxyl groups excluding tert-OH is 8. The van der Waals surface area contributed by atoms with E-state index in [2.05, 4.69) is 77.8 Å². The van der Waals surface area contributed by atoms with Crippen LogP contribution in [-0.2, 0) is 33.6 Å². The van der Waals surface area contributed by atoms with Crippen molar-refractivity contribution in [3.8, 4) is 0 Å². The minimum Gasteiger partial charge on any atom is -0.481 e. The fourth-order valence-electron chi connectivity index (χ4n) is 9.55. The van der Waals surface area contributed by atoms with E-state index in [0.717, 1.165) is 103 Å². The highest BCUT2D eigenvalue weighted by atomic mass is 17.1. The average molecular weight is 1700 g/mol. The third-order valence-corrected chi connectivity index (χ3v) is 16.8. The summed E-state index contributed by atoms with van der Waals surface area (Å²) in [6, 6.07) is 0. The molecular formula is C101H152O21. The number of carboxylic acids is 5. The Labute approximate surface area is 730 Å². The van der Waals surface area contributed by atoms with Crippen LogP contribution in [0.5, 0.6) is 0 Å². The summed E-state index contributed by atoms with van der Waals surface area (Å²) < 4.78 is 5.44. The van der Waals surface area contributed by atoms with Crippen LogP contribution in [0.3, 0.4) is 0 Å². The summed E-state index contributed by atoms with van der Waals surface area (Å²) in [4.78, 5) is 56.1. The molecule has 0 saturated carbocycles. The molecule has 1 aliphatic heterocycles. The molecule has 1 fully saturated rings. The summed E-state index contributed by atoms with van der Waals surface area (Å²) in [5, 5.41) is 127. The highest BCUT2D eigenvalue weighted by molar-refractivity contribution is 5.68. The fraction of sp³-hybridized carbons (Fsp3) is 0.475. The van der Waals surface area contributed by atoms with E-state index >= 15 is 0 Å². The second-order valence-corrected chi connectivity index (χ2v) is 28.0. The van der Waals surface area contributed by atoms with E-state index in [1.807, 2.05) is 162 Å². The van der Waals surface area contributed by atoms with Gasteiger partial charge in [-0.1, -0.05) is 333 Å². The van der Waals surface area contributed by atoms with E-state index in [1.165, 1.54) is 0 Å². The monoisotopic (exact) mass is 1700 g/mol. The minimum absolute atomic E-state index is 0.0603. The lowest BCUT2D eigenvalue weighted by Gasteiger charge is -2.07. The molecule has 11 atom stereocenters. The maximum absolute atomic E-state index is 10.4. The third kappa shape index (κ3) is 103. The molecular weight excluding hydrogens is 1550 g/mol. The number of hydrogen-bond donors (Lipinski definition) is 14. The van der Waals surface area contributed by atoms with Crippen LogP contribution in [0.1, 0.15) is 240 Å². The first kappa shape index (κ1) is 119. The van der Waals surface area contributed by atoms with Crippen LogP contribution in [0.15, 0.2) is 292 Å². The minimum atomic E-state index is -0.857. The molecule has 14 N–H and O–H groups in total. The molecule has 1 heterocycles. The number of carboxylic acid groups (broad SMARTS) is 5. The van der Waals surface area contributed by atoms with Crippen molar-refractivity contribution in [3.05, 3.63) is 292 Å². The van der Waals surface area contributed by atoms with Gasteiger partial charge in [-0.25, -0.2) is 4.89 Å². The Hall–Kier alpha value is -9.33. The Morgan fingerprint density at radius 3 is 1.01 bits per heavy atom. The van der Waals surface area contributed by atoms with Gasteiger partial charge < -0.3 is 71.1 Å². The molecule has 0 amide bonds. The van der Waals surface area contributed by atoms with Gasteiger partial charge in [-0.05, 0) is 167 Å². The van der Waals surface area contributed by atoms with E-state index in [-0.39, 0.29) is 68.7 Å². The van der Waals surface area contributed by atoms with Gasteiger partial charge in [0, 0.05) is 32.1 Å². The van der Waals surface area contributed by atoms with Crippen LogP contribution in [0.4, 0.5) is 0 Å². The van der Waals surface area contributed by atoms with Crippen molar-refractivity contribution in [1.82, 2.24) is 0 Å². The number of allylic oxidation sites excluding steroid dienone is 38. The number of aliphatic hydroxyl groups is 8. The van der Waals surface area contributed by atoms with Gasteiger partial charge in [-0.2, -0.15) is 0 Å². The second-order valence-electron chi connectivity index (χ2n) is 28.0. The number of carbonyl (C=O) groups is 5. The number of rotatable bonds is 67. The number of ether oxygens (including phenoxy) is 1. The molecule has 5 unspecified atom stereocenters. The highest BCUT2D eigenvalue weighted by Crippen LogP contribution is 2.28. The van der Waals surface area contributed by atoms with Crippen molar-refractivity contribution >= 4 is 29.8 Å². The Kier molecular flexibility index (Phi) is 91.6. The first-order valence-electron chi connectivity index (χ1n) is 43.3. The van der Waals surface area contributed by atoms with Crippen LogP contribution in [0.2, 0.25) is 0 Å². The molecule has 1 saturated heterocycles. The average Bonchev–Trinajstić information content (AvgIpc) is 1.70. The summed E-state index contributed by atoms with van der Waals surface area (Å²) in [5.74, 6) is -3.99. The molecule has 0 spiro atoms. The Morgan fingerprint density at radius 1 is 0.295 bits per heavy atom. The molecule has 122 heavy (non-hydrogen) atoms. The van der Waals surface area contributed by atoms with Crippen molar-refractivity contribution in [2.24, 2.45) is 0 Å². The second kappa shape index (κ2) is 93.9. The lowest BCUT2D eigenvalue weighted by molar-refractivity contribution is -0.267. The molecule has 1 rings (SSSR count). The molecule has 1 aliphatic rings.